The molecule has 3 heterocycles. The van der Waals surface area contributed by atoms with Gasteiger partial charge < -0.3 is 15.4 Å². The molecule has 7 nitrogen and oxygen atoms in total. The minimum Gasteiger partial charge on any atom is -0.395 e. The number of nitrogens with one attached hydrogen (secondary N) is 3. The summed E-state index contributed by atoms with van der Waals surface area (Å²) in [6, 6.07) is 0.393. The van der Waals surface area contributed by atoms with Crippen LogP contribution in [0.2, 0.25) is 0 Å². The molecule has 3 rings (SSSR count). The van der Waals surface area contributed by atoms with Gasteiger partial charge in [0.1, 0.15) is 11.8 Å². The van der Waals surface area contributed by atoms with E-state index in [1.807, 2.05) is 6.20 Å². The van der Waals surface area contributed by atoms with Crippen LogP contribution in [0.1, 0.15) is 24.4 Å². The lowest BCUT2D eigenvalue weighted by atomic mass is 10.1. The lowest BCUT2D eigenvalue weighted by Gasteiger charge is -2.11. The molecule has 1 saturated heterocycles. The summed E-state index contributed by atoms with van der Waals surface area (Å²) in [6.07, 6.45) is 5.43. The highest BCUT2D eigenvalue weighted by atomic mass is 16.6. The van der Waals surface area contributed by atoms with Crippen LogP contribution in [0.15, 0.2) is 12.5 Å². The second-order valence-electron chi connectivity index (χ2n) is 4.67. The third-order valence-corrected chi connectivity index (χ3v) is 3.53. The van der Waals surface area contributed by atoms with Crippen LogP contribution in [-0.4, -0.2) is 39.8 Å². The predicted octanol–water partition coefficient (Wildman–Crippen LogP) is 0.717. The molecule has 0 aromatic carbocycles. The molecular weight excluding hydrogens is 246 g/mol. The van der Waals surface area contributed by atoms with Gasteiger partial charge in [-0.25, -0.2) is 15.4 Å². The van der Waals surface area contributed by atoms with E-state index in [1.54, 1.807) is 7.11 Å². The van der Waals surface area contributed by atoms with Crippen molar-refractivity contribution in [2.75, 3.05) is 19.2 Å². The maximum atomic E-state index is 9.19. The van der Waals surface area contributed by atoms with E-state index >= 15 is 0 Å². The van der Waals surface area contributed by atoms with E-state index in [-0.39, 0.29) is 18.7 Å². The van der Waals surface area contributed by atoms with Crippen molar-refractivity contribution in [3.8, 4) is 0 Å². The summed E-state index contributed by atoms with van der Waals surface area (Å²) in [7, 11) is 1.54. The Kier molecular flexibility index (Phi) is 3.33. The fraction of sp³-hybridized carbons (Fsp3) is 0.500. The number of H-pyrrole nitrogens is 1. The Morgan fingerprint density at radius 3 is 3.11 bits per heavy atom. The van der Waals surface area contributed by atoms with E-state index in [0.29, 0.717) is 5.82 Å². The topological polar surface area (TPSA) is 95.1 Å². The Morgan fingerprint density at radius 1 is 1.47 bits per heavy atom. The number of hydrogen-bond donors (Lipinski definition) is 4. The van der Waals surface area contributed by atoms with Crippen LogP contribution < -0.4 is 10.8 Å². The van der Waals surface area contributed by atoms with E-state index in [9.17, 15) is 5.11 Å². The van der Waals surface area contributed by atoms with E-state index in [0.717, 1.165) is 29.4 Å². The van der Waals surface area contributed by atoms with Crippen LogP contribution in [0.25, 0.3) is 11.0 Å². The standard InChI is InChI=1S/C12H17N5O2/c1-19-17-12-11-10(14-6-15-12)8(4-13-11)9-3-2-7(5-18)16-9/h4,6-7,9,13,16,18H,2-3,5H2,1H3,(H,14,15,17)/t7-,9+/m1/s1. The van der Waals surface area contributed by atoms with Gasteiger partial charge in [-0.15, -0.1) is 0 Å². The summed E-state index contributed by atoms with van der Waals surface area (Å²) in [5, 5.41) is 12.6. The Hall–Kier alpha value is -1.70. The number of hydrogen-bond acceptors (Lipinski definition) is 6. The molecule has 0 aliphatic carbocycles. The minimum atomic E-state index is 0.171. The van der Waals surface area contributed by atoms with Gasteiger partial charge in [-0.2, -0.15) is 0 Å². The molecule has 0 unspecified atom stereocenters. The second-order valence-corrected chi connectivity index (χ2v) is 4.67. The molecule has 1 aliphatic heterocycles. The number of rotatable bonds is 4. The smallest absolute Gasteiger partial charge is 0.177 e. The molecule has 102 valence electrons. The van der Waals surface area contributed by atoms with Crippen molar-refractivity contribution in [1.29, 1.82) is 0 Å². The summed E-state index contributed by atoms with van der Waals surface area (Å²) in [5.74, 6) is 0.621. The molecular formula is C12H17N5O2. The van der Waals surface area contributed by atoms with E-state index in [4.69, 9.17) is 4.84 Å². The molecule has 1 fully saturated rings. The zero-order valence-corrected chi connectivity index (χ0v) is 10.7. The molecule has 1 aliphatic rings. The van der Waals surface area contributed by atoms with Crippen LogP contribution in [-0.2, 0) is 4.84 Å². The molecule has 0 amide bonds. The van der Waals surface area contributed by atoms with Crippen molar-refractivity contribution in [2.45, 2.75) is 24.9 Å². The van der Waals surface area contributed by atoms with E-state index < -0.39 is 0 Å². The maximum Gasteiger partial charge on any atom is 0.177 e. The van der Waals surface area contributed by atoms with E-state index in [1.165, 1.54) is 6.33 Å². The zero-order valence-electron chi connectivity index (χ0n) is 10.7. The van der Waals surface area contributed by atoms with Crippen LogP contribution in [0.5, 0.6) is 0 Å². The Morgan fingerprint density at radius 2 is 2.37 bits per heavy atom. The quantitative estimate of drug-likeness (QED) is 0.607. The van der Waals surface area contributed by atoms with Gasteiger partial charge in [0.2, 0.25) is 0 Å². The number of anilines is 1. The lowest BCUT2D eigenvalue weighted by Crippen LogP contribution is -2.27. The fourth-order valence-corrected chi connectivity index (χ4v) is 2.61. The third kappa shape index (κ3) is 2.16. The molecule has 0 spiro atoms. The SMILES string of the molecule is CONc1ncnc2c([C@@H]3CC[C@H](CO)N3)c[nH]c12. The van der Waals surface area contributed by atoms with Crippen LogP contribution in [0.4, 0.5) is 5.82 Å². The first kappa shape index (κ1) is 12.3. The number of aliphatic hydroxyl groups excluding tert-OH is 1. The van der Waals surface area contributed by atoms with Crippen molar-refractivity contribution < 1.29 is 9.94 Å². The Balaban J connectivity index is 1.95. The zero-order chi connectivity index (χ0) is 13.2. The molecule has 0 radical (unpaired) electrons. The molecule has 2 aromatic rings. The first-order valence-corrected chi connectivity index (χ1v) is 6.31. The Labute approximate surface area is 110 Å². The second kappa shape index (κ2) is 5.12. The molecule has 7 heteroatoms. The van der Waals surface area contributed by atoms with Gasteiger partial charge in [0.25, 0.3) is 0 Å². The highest BCUT2D eigenvalue weighted by molar-refractivity contribution is 5.88. The summed E-state index contributed by atoms with van der Waals surface area (Å²) in [4.78, 5) is 16.5. The number of aromatic amines is 1. The van der Waals surface area contributed by atoms with Gasteiger partial charge >= 0.3 is 0 Å². The number of aliphatic hydroxyl groups is 1. The molecule has 0 saturated carbocycles. The van der Waals surface area contributed by atoms with Crippen LogP contribution in [0, 0.1) is 0 Å². The lowest BCUT2D eigenvalue weighted by molar-refractivity contribution is 0.252. The first-order chi connectivity index (χ1) is 9.33. The molecule has 19 heavy (non-hydrogen) atoms. The first-order valence-electron chi connectivity index (χ1n) is 6.31. The number of nitrogens with zero attached hydrogens (tertiary/aromatic N) is 2. The summed E-state index contributed by atoms with van der Waals surface area (Å²) in [6.45, 7) is 0.171. The van der Waals surface area contributed by atoms with Gasteiger partial charge in [0.15, 0.2) is 5.82 Å². The van der Waals surface area contributed by atoms with Crippen molar-refractivity contribution in [2.24, 2.45) is 0 Å². The molecule has 0 bridgehead atoms. The third-order valence-electron chi connectivity index (χ3n) is 3.53. The van der Waals surface area contributed by atoms with Gasteiger partial charge in [-0.05, 0) is 12.8 Å². The van der Waals surface area contributed by atoms with Gasteiger partial charge in [0.05, 0.1) is 19.2 Å². The molecule has 2 atom stereocenters. The number of fused-ring (bicyclic) bond motifs is 1. The predicted molar refractivity (Wildman–Crippen MR) is 70.5 cm³/mol. The highest BCUT2D eigenvalue weighted by Gasteiger charge is 2.27. The molecule has 2 aromatic heterocycles. The normalized spacial score (nSPS) is 23.1. The average Bonchev–Trinajstić information content (AvgIpc) is 3.05. The number of aromatic nitrogens is 3. The maximum absolute atomic E-state index is 9.19. The average molecular weight is 263 g/mol. The largest absolute Gasteiger partial charge is 0.395 e. The van der Waals surface area contributed by atoms with Crippen molar-refractivity contribution in [1.82, 2.24) is 20.3 Å². The summed E-state index contributed by atoms with van der Waals surface area (Å²) in [5.41, 5.74) is 5.54. The van der Waals surface area contributed by atoms with Crippen molar-refractivity contribution in [3.63, 3.8) is 0 Å². The minimum absolute atomic E-state index is 0.171. The van der Waals surface area contributed by atoms with Crippen molar-refractivity contribution >= 4 is 16.9 Å². The van der Waals surface area contributed by atoms with Crippen molar-refractivity contribution in [3.05, 3.63) is 18.1 Å². The van der Waals surface area contributed by atoms with Crippen LogP contribution >= 0.6 is 0 Å². The van der Waals surface area contributed by atoms with Gasteiger partial charge in [-0.3, -0.25) is 4.84 Å². The van der Waals surface area contributed by atoms with Crippen LogP contribution in [0.3, 0.4) is 0 Å². The highest BCUT2D eigenvalue weighted by Crippen LogP contribution is 2.32. The monoisotopic (exact) mass is 263 g/mol. The van der Waals surface area contributed by atoms with Gasteiger partial charge in [-0.1, -0.05) is 0 Å². The van der Waals surface area contributed by atoms with Gasteiger partial charge in [0, 0.05) is 23.8 Å². The summed E-state index contributed by atoms with van der Waals surface area (Å²) < 4.78 is 0. The fourth-order valence-electron chi connectivity index (χ4n) is 2.61. The van der Waals surface area contributed by atoms with E-state index in [2.05, 4.69) is 25.7 Å². The summed E-state index contributed by atoms with van der Waals surface area (Å²) >= 11 is 0. The Bertz CT molecular complexity index is 570. The molecule has 4 N–H and O–H groups in total.